The molecule has 15 heavy (non-hydrogen) atoms. The van der Waals surface area contributed by atoms with Gasteiger partial charge >= 0.3 is 0 Å². The van der Waals surface area contributed by atoms with Crippen LogP contribution in [0.2, 0.25) is 0 Å². The lowest BCUT2D eigenvalue weighted by Crippen LogP contribution is -2.39. The predicted octanol–water partition coefficient (Wildman–Crippen LogP) is 1.85. The third kappa shape index (κ3) is 1.30. The highest BCUT2D eigenvalue weighted by atomic mass is 16.2. The molecule has 74 valence electrons. The van der Waals surface area contributed by atoms with Crippen molar-refractivity contribution < 1.29 is 4.79 Å². The molecule has 0 aromatic heterocycles. The summed E-state index contributed by atoms with van der Waals surface area (Å²) in [6, 6.07) is 8.09. The SMILES string of the molecule is O=C1N[C@H]2C=Cc3ccccc3[C@@H]1C=C2. The van der Waals surface area contributed by atoms with Crippen molar-refractivity contribution in [3.05, 3.63) is 53.6 Å². The minimum absolute atomic E-state index is 0.0575. The Balaban J connectivity index is 2.23. The zero-order chi connectivity index (χ0) is 10.3. The molecule has 0 spiro atoms. The summed E-state index contributed by atoms with van der Waals surface area (Å²) in [5, 5.41) is 2.95. The Labute approximate surface area is 88.3 Å². The Bertz CT molecular complexity index is 473. The Kier molecular flexibility index (Phi) is 1.75. The van der Waals surface area contributed by atoms with E-state index in [-0.39, 0.29) is 17.9 Å². The highest BCUT2D eigenvalue weighted by molar-refractivity contribution is 5.89. The van der Waals surface area contributed by atoms with Gasteiger partial charge in [0.05, 0.1) is 12.0 Å². The number of benzene rings is 1. The highest BCUT2D eigenvalue weighted by Gasteiger charge is 2.26. The number of carbonyl (C=O) groups excluding carboxylic acids is 1. The van der Waals surface area contributed by atoms with Crippen LogP contribution < -0.4 is 5.32 Å². The van der Waals surface area contributed by atoms with Crippen LogP contribution in [0.5, 0.6) is 0 Å². The van der Waals surface area contributed by atoms with Crippen molar-refractivity contribution in [2.24, 2.45) is 0 Å². The van der Waals surface area contributed by atoms with E-state index in [1.165, 1.54) is 0 Å². The topological polar surface area (TPSA) is 29.1 Å². The van der Waals surface area contributed by atoms with Crippen molar-refractivity contribution in [1.29, 1.82) is 0 Å². The molecule has 2 nitrogen and oxygen atoms in total. The molecule has 1 aromatic rings. The van der Waals surface area contributed by atoms with E-state index in [1.807, 2.05) is 42.5 Å². The molecule has 0 saturated heterocycles. The van der Waals surface area contributed by atoms with Gasteiger partial charge in [-0.1, -0.05) is 48.6 Å². The molecule has 2 bridgehead atoms. The zero-order valence-corrected chi connectivity index (χ0v) is 8.18. The maximum Gasteiger partial charge on any atom is 0.232 e. The molecule has 2 heteroatoms. The van der Waals surface area contributed by atoms with E-state index in [0.29, 0.717) is 0 Å². The number of amides is 1. The van der Waals surface area contributed by atoms with E-state index in [4.69, 9.17) is 0 Å². The lowest BCUT2D eigenvalue weighted by molar-refractivity contribution is -0.122. The third-order valence-electron chi connectivity index (χ3n) is 2.92. The van der Waals surface area contributed by atoms with Crippen LogP contribution >= 0.6 is 0 Å². The Morgan fingerprint density at radius 3 is 2.80 bits per heavy atom. The van der Waals surface area contributed by atoms with Crippen molar-refractivity contribution in [1.82, 2.24) is 5.32 Å². The molecule has 1 aliphatic carbocycles. The van der Waals surface area contributed by atoms with Crippen LogP contribution in [-0.2, 0) is 4.79 Å². The Hall–Kier alpha value is -1.83. The zero-order valence-electron chi connectivity index (χ0n) is 8.18. The fourth-order valence-electron chi connectivity index (χ4n) is 2.13. The van der Waals surface area contributed by atoms with Gasteiger partial charge in [0.25, 0.3) is 0 Å². The Morgan fingerprint density at radius 2 is 1.93 bits per heavy atom. The molecule has 1 aromatic carbocycles. The van der Waals surface area contributed by atoms with Crippen molar-refractivity contribution in [3.63, 3.8) is 0 Å². The monoisotopic (exact) mass is 197 g/mol. The summed E-state index contributed by atoms with van der Waals surface area (Å²) in [5.41, 5.74) is 2.23. The average Bonchev–Trinajstić information content (AvgIpc) is 2.23. The molecular formula is C13H11NO. The number of rotatable bonds is 0. The van der Waals surface area contributed by atoms with Crippen LogP contribution in [0, 0.1) is 0 Å². The lowest BCUT2D eigenvalue weighted by atomic mass is 9.87. The second kappa shape index (κ2) is 3.09. The van der Waals surface area contributed by atoms with Gasteiger partial charge < -0.3 is 5.32 Å². The van der Waals surface area contributed by atoms with E-state index < -0.39 is 0 Å². The quantitative estimate of drug-likeness (QED) is 0.632. The number of nitrogens with one attached hydrogen (secondary N) is 1. The molecule has 3 aliphatic rings. The summed E-state index contributed by atoms with van der Waals surface area (Å²) in [6.07, 6.45) is 8.13. The molecule has 4 rings (SSSR count). The molecule has 0 radical (unpaired) electrons. The average molecular weight is 197 g/mol. The van der Waals surface area contributed by atoms with E-state index >= 15 is 0 Å². The largest absolute Gasteiger partial charge is 0.346 e. The van der Waals surface area contributed by atoms with Crippen LogP contribution in [0.4, 0.5) is 0 Å². The van der Waals surface area contributed by atoms with Crippen LogP contribution in [0.3, 0.4) is 0 Å². The fourth-order valence-corrected chi connectivity index (χ4v) is 2.13. The molecule has 1 N–H and O–H groups in total. The van der Waals surface area contributed by atoms with Gasteiger partial charge in [0.2, 0.25) is 5.91 Å². The normalized spacial score (nSPS) is 26.8. The van der Waals surface area contributed by atoms with Gasteiger partial charge in [-0.15, -0.1) is 0 Å². The van der Waals surface area contributed by atoms with Crippen molar-refractivity contribution in [2.45, 2.75) is 12.0 Å². The second-order valence-corrected chi connectivity index (χ2v) is 3.88. The van der Waals surface area contributed by atoms with Gasteiger partial charge in [-0.25, -0.2) is 0 Å². The number of fused-ring (bicyclic) bond motifs is 1. The van der Waals surface area contributed by atoms with Crippen molar-refractivity contribution in [3.8, 4) is 0 Å². The summed E-state index contributed by atoms with van der Waals surface area (Å²) in [6.45, 7) is 0. The van der Waals surface area contributed by atoms with Crippen LogP contribution in [0.25, 0.3) is 6.08 Å². The summed E-state index contributed by atoms with van der Waals surface area (Å²) in [7, 11) is 0. The standard InChI is InChI=1S/C13H11NO/c15-13-12-8-7-10(14-13)6-5-9-3-1-2-4-11(9)12/h1-8,10,12H,(H,14,15)/t10-,12-/m0/s1. The maximum atomic E-state index is 11.8. The molecule has 1 amide bonds. The van der Waals surface area contributed by atoms with Crippen molar-refractivity contribution >= 4 is 12.0 Å². The molecule has 0 saturated carbocycles. The van der Waals surface area contributed by atoms with E-state index in [9.17, 15) is 4.79 Å². The maximum absolute atomic E-state index is 11.8. The lowest BCUT2D eigenvalue weighted by Gasteiger charge is -2.25. The van der Waals surface area contributed by atoms with Crippen molar-refractivity contribution in [2.75, 3.05) is 0 Å². The smallest absolute Gasteiger partial charge is 0.232 e. The van der Waals surface area contributed by atoms with Gasteiger partial charge in [-0.3, -0.25) is 4.79 Å². The van der Waals surface area contributed by atoms with E-state index in [0.717, 1.165) is 11.1 Å². The molecule has 2 aliphatic heterocycles. The van der Waals surface area contributed by atoms with Crippen LogP contribution in [0.1, 0.15) is 17.0 Å². The number of hydrogen-bond acceptors (Lipinski definition) is 1. The fraction of sp³-hybridized carbons (Fsp3) is 0.154. The summed E-state index contributed by atoms with van der Waals surface area (Å²) in [4.78, 5) is 11.8. The minimum Gasteiger partial charge on any atom is -0.346 e. The van der Waals surface area contributed by atoms with Gasteiger partial charge in [0.15, 0.2) is 0 Å². The molecule has 2 atom stereocenters. The molecule has 0 fully saturated rings. The summed E-state index contributed by atoms with van der Waals surface area (Å²) < 4.78 is 0. The van der Waals surface area contributed by atoms with Gasteiger partial charge in [0, 0.05) is 0 Å². The van der Waals surface area contributed by atoms with Gasteiger partial charge in [-0.2, -0.15) is 0 Å². The van der Waals surface area contributed by atoms with Crippen LogP contribution in [-0.4, -0.2) is 11.9 Å². The molecule has 0 unspecified atom stereocenters. The number of hydrogen-bond donors (Lipinski definition) is 1. The first-order valence-corrected chi connectivity index (χ1v) is 5.10. The van der Waals surface area contributed by atoms with Gasteiger partial charge in [-0.05, 0) is 11.1 Å². The highest BCUT2D eigenvalue weighted by Crippen LogP contribution is 2.27. The summed E-state index contributed by atoms with van der Waals surface area (Å²) in [5.74, 6) is -0.0262. The Morgan fingerprint density at radius 1 is 1.07 bits per heavy atom. The summed E-state index contributed by atoms with van der Waals surface area (Å²) >= 11 is 0. The predicted molar refractivity (Wildman–Crippen MR) is 59.3 cm³/mol. The number of carbonyl (C=O) groups is 1. The van der Waals surface area contributed by atoms with E-state index in [1.54, 1.807) is 0 Å². The first-order chi connectivity index (χ1) is 7.34. The minimum atomic E-state index is -0.123. The third-order valence-corrected chi connectivity index (χ3v) is 2.92. The van der Waals surface area contributed by atoms with Gasteiger partial charge in [0.1, 0.15) is 0 Å². The van der Waals surface area contributed by atoms with Crippen LogP contribution in [0.15, 0.2) is 42.5 Å². The van der Waals surface area contributed by atoms with E-state index in [2.05, 4.69) is 11.4 Å². The second-order valence-electron chi connectivity index (χ2n) is 3.88. The molecular weight excluding hydrogens is 186 g/mol. The molecule has 2 heterocycles. The first-order valence-electron chi connectivity index (χ1n) is 5.10. The first kappa shape index (κ1) is 8.48.